The van der Waals surface area contributed by atoms with Gasteiger partial charge in [0.2, 0.25) is 0 Å². The van der Waals surface area contributed by atoms with Gasteiger partial charge in [-0.2, -0.15) is 0 Å². The predicted molar refractivity (Wildman–Crippen MR) is 85.4 cm³/mol. The van der Waals surface area contributed by atoms with Gasteiger partial charge in [0.25, 0.3) is 0 Å². The van der Waals surface area contributed by atoms with Crippen molar-refractivity contribution in [3.63, 3.8) is 0 Å². The van der Waals surface area contributed by atoms with Gasteiger partial charge in [-0.15, -0.1) is 0 Å². The smallest absolute Gasteiger partial charge is 0.0934 e. The molecule has 1 heterocycles. The van der Waals surface area contributed by atoms with E-state index in [1.54, 1.807) is 0 Å². The van der Waals surface area contributed by atoms with Gasteiger partial charge in [0.1, 0.15) is 0 Å². The number of aromatic nitrogens is 1. The molecule has 0 fully saturated rings. The van der Waals surface area contributed by atoms with Crippen LogP contribution >= 0.6 is 15.9 Å². The van der Waals surface area contributed by atoms with Crippen LogP contribution in [-0.2, 0) is 0 Å². The summed E-state index contributed by atoms with van der Waals surface area (Å²) in [5, 5.41) is 4.66. The molecule has 0 saturated carbocycles. The molecule has 0 aliphatic rings. The first-order valence-corrected chi connectivity index (χ1v) is 7.46. The number of hydrogen-bond donors (Lipinski definition) is 2. The summed E-state index contributed by atoms with van der Waals surface area (Å²) in [5.74, 6) is 0.538. The molecule has 0 aliphatic carbocycles. The van der Waals surface area contributed by atoms with Crippen molar-refractivity contribution in [2.24, 2.45) is 11.7 Å². The molecular formula is C15H20BrN3. The lowest BCUT2D eigenvalue weighted by Crippen LogP contribution is -2.34. The van der Waals surface area contributed by atoms with Crippen molar-refractivity contribution in [2.75, 3.05) is 11.9 Å². The van der Waals surface area contributed by atoms with Crippen LogP contribution in [0.2, 0.25) is 0 Å². The van der Waals surface area contributed by atoms with Crippen LogP contribution in [0.4, 0.5) is 5.69 Å². The first kappa shape index (κ1) is 14.3. The summed E-state index contributed by atoms with van der Waals surface area (Å²) in [4.78, 5) is 4.50. The Morgan fingerprint density at radius 1 is 1.42 bits per heavy atom. The topological polar surface area (TPSA) is 50.9 Å². The van der Waals surface area contributed by atoms with Crippen LogP contribution in [0.5, 0.6) is 0 Å². The third-order valence-electron chi connectivity index (χ3n) is 3.60. The molecule has 2 atom stereocenters. The fourth-order valence-corrected chi connectivity index (χ4v) is 2.52. The van der Waals surface area contributed by atoms with Crippen molar-refractivity contribution in [3.8, 4) is 0 Å². The molecule has 3 N–H and O–H groups in total. The van der Waals surface area contributed by atoms with E-state index in [9.17, 15) is 0 Å². The molecule has 1 aromatic heterocycles. The summed E-state index contributed by atoms with van der Waals surface area (Å²) in [6, 6.07) is 8.53. The Morgan fingerprint density at radius 3 is 2.89 bits per heavy atom. The monoisotopic (exact) mass is 321 g/mol. The molecule has 0 amide bonds. The van der Waals surface area contributed by atoms with Crippen LogP contribution in [0.1, 0.15) is 20.3 Å². The second kappa shape index (κ2) is 6.35. The molecule has 2 rings (SSSR count). The van der Waals surface area contributed by atoms with E-state index in [4.69, 9.17) is 5.73 Å². The highest BCUT2D eigenvalue weighted by molar-refractivity contribution is 9.10. The van der Waals surface area contributed by atoms with E-state index >= 15 is 0 Å². The summed E-state index contributed by atoms with van der Waals surface area (Å²) in [6.45, 7) is 5.04. The number of para-hydroxylation sites is 1. The third kappa shape index (κ3) is 3.25. The van der Waals surface area contributed by atoms with Crippen LogP contribution in [0.25, 0.3) is 10.9 Å². The van der Waals surface area contributed by atoms with Gasteiger partial charge in [-0.3, -0.25) is 4.98 Å². The van der Waals surface area contributed by atoms with E-state index in [0.29, 0.717) is 12.5 Å². The molecule has 0 aliphatic heterocycles. The van der Waals surface area contributed by atoms with Crippen molar-refractivity contribution in [2.45, 2.75) is 26.3 Å². The number of nitrogens with one attached hydrogen (secondary N) is 1. The number of rotatable bonds is 5. The Labute approximate surface area is 122 Å². The highest BCUT2D eigenvalue weighted by atomic mass is 79.9. The molecule has 3 nitrogen and oxygen atoms in total. The zero-order valence-corrected chi connectivity index (χ0v) is 12.9. The third-order valence-corrected chi connectivity index (χ3v) is 4.04. The number of halogens is 1. The zero-order chi connectivity index (χ0) is 13.8. The van der Waals surface area contributed by atoms with Gasteiger partial charge >= 0.3 is 0 Å². The fraction of sp³-hybridized carbons (Fsp3) is 0.400. The summed E-state index contributed by atoms with van der Waals surface area (Å²) in [7, 11) is 0. The SMILES string of the molecule is CCC(C)C(CN)Nc1cccc2cc(Br)cnc12. The number of nitrogens with two attached hydrogens (primary N) is 1. The van der Waals surface area contributed by atoms with E-state index < -0.39 is 0 Å². The van der Waals surface area contributed by atoms with Crippen molar-refractivity contribution < 1.29 is 0 Å². The Balaban J connectivity index is 2.34. The van der Waals surface area contributed by atoms with Gasteiger partial charge in [-0.1, -0.05) is 32.4 Å². The van der Waals surface area contributed by atoms with Crippen molar-refractivity contribution >= 4 is 32.5 Å². The van der Waals surface area contributed by atoms with Gasteiger partial charge in [-0.05, 0) is 34.0 Å². The predicted octanol–water partition coefficient (Wildman–Crippen LogP) is 3.78. The molecule has 19 heavy (non-hydrogen) atoms. The fourth-order valence-electron chi connectivity index (χ4n) is 2.17. The summed E-state index contributed by atoms with van der Waals surface area (Å²) in [6.07, 6.45) is 2.94. The number of nitrogens with zero attached hydrogens (tertiary/aromatic N) is 1. The lowest BCUT2D eigenvalue weighted by Gasteiger charge is -2.24. The average molecular weight is 322 g/mol. The molecule has 0 radical (unpaired) electrons. The number of hydrogen-bond acceptors (Lipinski definition) is 3. The van der Waals surface area contributed by atoms with Crippen molar-refractivity contribution in [1.82, 2.24) is 4.98 Å². The molecule has 1 aromatic carbocycles. The highest BCUT2D eigenvalue weighted by Gasteiger charge is 2.15. The second-order valence-corrected chi connectivity index (χ2v) is 5.82. The number of benzene rings is 1. The molecule has 2 aromatic rings. The van der Waals surface area contributed by atoms with Crippen LogP contribution in [0.3, 0.4) is 0 Å². The molecule has 2 unspecified atom stereocenters. The molecule has 0 saturated heterocycles. The summed E-state index contributed by atoms with van der Waals surface area (Å²) < 4.78 is 0.995. The van der Waals surface area contributed by atoms with Gasteiger partial charge in [-0.25, -0.2) is 0 Å². The lowest BCUT2D eigenvalue weighted by atomic mass is 9.99. The molecule has 102 valence electrons. The van der Waals surface area contributed by atoms with Crippen molar-refractivity contribution in [3.05, 3.63) is 34.9 Å². The molecule has 0 spiro atoms. The van der Waals surface area contributed by atoms with Gasteiger partial charge in [0.05, 0.1) is 11.2 Å². The zero-order valence-electron chi connectivity index (χ0n) is 11.4. The maximum absolute atomic E-state index is 5.87. The lowest BCUT2D eigenvalue weighted by molar-refractivity contribution is 0.474. The maximum atomic E-state index is 5.87. The summed E-state index contributed by atoms with van der Waals surface area (Å²) >= 11 is 3.45. The first-order valence-electron chi connectivity index (χ1n) is 6.66. The average Bonchev–Trinajstić information content (AvgIpc) is 2.43. The Morgan fingerprint density at radius 2 is 2.21 bits per heavy atom. The van der Waals surface area contributed by atoms with E-state index in [1.807, 2.05) is 12.3 Å². The highest BCUT2D eigenvalue weighted by Crippen LogP contribution is 2.25. The summed E-state index contributed by atoms with van der Waals surface area (Å²) in [5.41, 5.74) is 7.92. The molecular weight excluding hydrogens is 302 g/mol. The number of pyridine rings is 1. The van der Waals surface area contributed by atoms with Crippen LogP contribution in [-0.4, -0.2) is 17.6 Å². The molecule has 0 bridgehead atoms. The minimum absolute atomic E-state index is 0.279. The standard InChI is InChI=1S/C15H20BrN3/c1-3-10(2)14(8-17)19-13-6-4-5-11-7-12(16)9-18-15(11)13/h4-7,9-10,14,19H,3,8,17H2,1-2H3. The minimum atomic E-state index is 0.279. The Hall–Kier alpha value is -1.13. The van der Waals surface area contributed by atoms with Gasteiger partial charge in [0, 0.05) is 28.6 Å². The minimum Gasteiger partial charge on any atom is -0.379 e. The van der Waals surface area contributed by atoms with Gasteiger partial charge < -0.3 is 11.1 Å². The normalized spacial score (nSPS) is 14.3. The maximum Gasteiger partial charge on any atom is 0.0934 e. The van der Waals surface area contributed by atoms with Crippen LogP contribution in [0.15, 0.2) is 34.9 Å². The van der Waals surface area contributed by atoms with E-state index in [1.165, 1.54) is 0 Å². The second-order valence-electron chi connectivity index (χ2n) is 4.90. The number of fused-ring (bicyclic) bond motifs is 1. The van der Waals surface area contributed by atoms with E-state index in [2.05, 4.69) is 58.3 Å². The Kier molecular flexibility index (Phi) is 4.77. The number of anilines is 1. The van der Waals surface area contributed by atoms with Crippen LogP contribution < -0.4 is 11.1 Å². The Bertz CT molecular complexity index is 556. The van der Waals surface area contributed by atoms with E-state index in [-0.39, 0.29) is 6.04 Å². The van der Waals surface area contributed by atoms with Crippen molar-refractivity contribution in [1.29, 1.82) is 0 Å². The largest absolute Gasteiger partial charge is 0.379 e. The molecule has 4 heteroatoms. The van der Waals surface area contributed by atoms with E-state index in [0.717, 1.165) is 27.5 Å². The van der Waals surface area contributed by atoms with Crippen LogP contribution in [0, 0.1) is 5.92 Å². The first-order chi connectivity index (χ1) is 9.15. The quantitative estimate of drug-likeness (QED) is 0.881. The van der Waals surface area contributed by atoms with Gasteiger partial charge in [0.15, 0.2) is 0 Å².